The van der Waals surface area contributed by atoms with E-state index in [0.29, 0.717) is 27.9 Å². The Kier molecular flexibility index (Phi) is 4.17. The zero-order valence-corrected chi connectivity index (χ0v) is 14.8. The lowest BCUT2D eigenvalue weighted by molar-refractivity contribution is 0.134. The summed E-state index contributed by atoms with van der Waals surface area (Å²) in [5, 5.41) is 3.16. The molecule has 1 aliphatic heterocycles. The van der Waals surface area contributed by atoms with Crippen molar-refractivity contribution in [3.05, 3.63) is 56.7 Å². The fourth-order valence-corrected chi connectivity index (χ4v) is 2.97. The van der Waals surface area contributed by atoms with Gasteiger partial charge in [-0.2, -0.15) is 0 Å². The van der Waals surface area contributed by atoms with Crippen LogP contribution in [0.3, 0.4) is 0 Å². The minimum atomic E-state index is -0.630. The van der Waals surface area contributed by atoms with E-state index in [4.69, 9.17) is 16.3 Å². The van der Waals surface area contributed by atoms with Crippen molar-refractivity contribution in [3.8, 4) is 11.8 Å². The smallest absolute Gasteiger partial charge is 0.413 e. The number of hydrogen-bond acceptors (Lipinski definition) is 4. The third kappa shape index (κ3) is 3.44. The molecule has 1 amide bonds. The lowest BCUT2D eigenvalue weighted by Crippen LogP contribution is -2.25. The summed E-state index contributed by atoms with van der Waals surface area (Å²) in [4.78, 5) is 28.1. The van der Waals surface area contributed by atoms with E-state index in [1.54, 1.807) is 19.1 Å². The molecule has 1 aromatic carbocycles. The van der Waals surface area contributed by atoms with Gasteiger partial charge in [0.05, 0.1) is 18.6 Å². The minimum Gasteiger partial charge on any atom is -0.428 e. The number of amides is 1. The van der Waals surface area contributed by atoms with Gasteiger partial charge in [-0.3, -0.25) is 14.7 Å². The highest BCUT2D eigenvalue weighted by Crippen LogP contribution is 2.35. The predicted molar refractivity (Wildman–Crippen MR) is 97.1 cm³/mol. The van der Waals surface area contributed by atoms with Crippen molar-refractivity contribution in [2.24, 2.45) is 5.92 Å². The molecule has 1 fully saturated rings. The Bertz CT molecular complexity index is 1010. The van der Waals surface area contributed by atoms with Crippen LogP contribution < -0.4 is 10.9 Å². The number of hydrogen-bond donors (Lipinski definition) is 1. The van der Waals surface area contributed by atoms with E-state index in [2.05, 4.69) is 22.1 Å². The van der Waals surface area contributed by atoms with E-state index < -0.39 is 12.2 Å². The van der Waals surface area contributed by atoms with Gasteiger partial charge in [0.15, 0.2) is 6.10 Å². The number of ether oxygens (including phenoxy) is 1. The first-order chi connectivity index (χ1) is 12.5. The second-order valence-corrected chi connectivity index (χ2v) is 6.91. The molecule has 1 atom stereocenters. The molecule has 0 spiro atoms. The van der Waals surface area contributed by atoms with Crippen LogP contribution in [0.5, 0.6) is 0 Å². The van der Waals surface area contributed by atoms with Gasteiger partial charge < -0.3 is 4.74 Å². The van der Waals surface area contributed by atoms with E-state index in [0.717, 1.165) is 18.4 Å². The van der Waals surface area contributed by atoms with Crippen LogP contribution in [0, 0.1) is 24.7 Å². The lowest BCUT2D eigenvalue weighted by Gasteiger charge is -2.24. The van der Waals surface area contributed by atoms with Gasteiger partial charge in [-0.05, 0) is 37.5 Å². The standard InChI is InChI=1S/C19H16ClN3O3/c1-11-6-18(24)23(10-21-11)9-13-7-16-14(8-15(13)20)17(26-19(25)22-16)5-4-12-2-3-12/h6-8,10,12,17H,2-3,9H2,1H3,(H,22,25)/t17-/m0/s1. The summed E-state index contributed by atoms with van der Waals surface area (Å²) >= 11 is 6.42. The molecule has 4 rings (SSSR count). The molecule has 1 aliphatic carbocycles. The van der Waals surface area contributed by atoms with Crippen molar-refractivity contribution in [1.29, 1.82) is 0 Å². The third-order valence-electron chi connectivity index (χ3n) is 4.32. The number of carbonyl (C=O) groups is 1. The summed E-state index contributed by atoms with van der Waals surface area (Å²) in [5.74, 6) is 6.55. The molecule has 2 heterocycles. The number of aryl methyl sites for hydroxylation is 1. The number of rotatable bonds is 2. The Hall–Kier alpha value is -2.78. The highest BCUT2D eigenvalue weighted by Gasteiger charge is 2.27. The first-order valence-electron chi connectivity index (χ1n) is 8.34. The molecule has 2 aliphatic rings. The summed E-state index contributed by atoms with van der Waals surface area (Å²) < 4.78 is 6.75. The molecular formula is C19H16ClN3O3. The van der Waals surface area contributed by atoms with Gasteiger partial charge in [-0.25, -0.2) is 9.78 Å². The molecule has 0 saturated heterocycles. The normalized spacial score (nSPS) is 18.2. The van der Waals surface area contributed by atoms with Crippen molar-refractivity contribution < 1.29 is 9.53 Å². The Morgan fingerprint density at radius 2 is 2.12 bits per heavy atom. The zero-order valence-electron chi connectivity index (χ0n) is 14.1. The number of cyclic esters (lactones) is 1. The molecule has 7 heteroatoms. The maximum atomic E-state index is 12.1. The average Bonchev–Trinajstić information content (AvgIpc) is 3.40. The van der Waals surface area contributed by atoms with E-state index in [1.165, 1.54) is 17.0 Å². The van der Waals surface area contributed by atoms with Crippen LogP contribution in [-0.4, -0.2) is 15.6 Å². The highest BCUT2D eigenvalue weighted by atomic mass is 35.5. The first kappa shape index (κ1) is 16.7. The molecule has 1 saturated carbocycles. The van der Waals surface area contributed by atoms with Crippen LogP contribution in [0.2, 0.25) is 5.02 Å². The van der Waals surface area contributed by atoms with E-state index in [1.807, 2.05) is 0 Å². The molecule has 0 unspecified atom stereocenters. The van der Waals surface area contributed by atoms with Crippen LogP contribution in [0.4, 0.5) is 10.5 Å². The Morgan fingerprint density at radius 1 is 1.31 bits per heavy atom. The second kappa shape index (κ2) is 6.50. The monoisotopic (exact) mass is 369 g/mol. The molecule has 1 N–H and O–H groups in total. The van der Waals surface area contributed by atoms with Crippen molar-refractivity contribution in [1.82, 2.24) is 9.55 Å². The van der Waals surface area contributed by atoms with Crippen molar-refractivity contribution >= 4 is 23.4 Å². The number of benzene rings is 1. The van der Waals surface area contributed by atoms with Gasteiger partial charge in [-0.15, -0.1) is 0 Å². The Balaban J connectivity index is 1.68. The molecule has 132 valence electrons. The molecule has 0 bridgehead atoms. The van der Waals surface area contributed by atoms with Crippen LogP contribution in [0.15, 0.2) is 29.3 Å². The van der Waals surface area contributed by atoms with Crippen LogP contribution in [0.1, 0.15) is 35.8 Å². The van der Waals surface area contributed by atoms with E-state index in [-0.39, 0.29) is 12.1 Å². The van der Waals surface area contributed by atoms with Crippen LogP contribution in [-0.2, 0) is 11.3 Å². The highest BCUT2D eigenvalue weighted by molar-refractivity contribution is 6.31. The first-order valence-corrected chi connectivity index (χ1v) is 8.71. The van der Waals surface area contributed by atoms with Crippen molar-refractivity contribution in [3.63, 3.8) is 0 Å². The maximum Gasteiger partial charge on any atom is 0.413 e. The van der Waals surface area contributed by atoms with Gasteiger partial charge in [0.2, 0.25) is 0 Å². The minimum absolute atomic E-state index is 0.160. The number of anilines is 1. The van der Waals surface area contributed by atoms with Gasteiger partial charge in [0.1, 0.15) is 0 Å². The van der Waals surface area contributed by atoms with E-state index in [9.17, 15) is 9.59 Å². The summed E-state index contributed by atoms with van der Waals surface area (Å²) in [6.07, 6.45) is 2.50. The van der Waals surface area contributed by atoms with Crippen molar-refractivity contribution in [2.75, 3.05) is 5.32 Å². The summed E-state index contributed by atoms with van der Waals surface area (Å²) in [5.41, 5.74) is 2.52. The van der Waals surface area contributed by atoms with E-state index >= 15 is 0 Å². The molecular weight excluding hydrogens is 354 g/mol. The Labute approximate surface area is 155 Å². The number of halogens is 1. The van der Waals surface area contributed by atoms with Crippen LogP contribution in [0.25, 0.3) is 0 Å². The number of fused-ring (bicyclic) bond motifs is 1. The summed E-state index contributed by atoms with van der Waals surface area (Å²) in [7, 11) is 0. The van der Waals surface area contributed by atoms with Gasteiger partial charge in [-0.1, -0.05) is 23.4 Å². The number of nitrogens with zero attached hydrogens (tertiary/aromatic N) is 2. The zero-order chi connectivity index (χ0) is 18.3. The topological polar surface area (TPSA) is 73.2 Å². The number of nitrogens with one attached hydrogen (secondary N) is 1. The fraction of sp³-hybridized carbons (Fsp3) is 0.316. The quantitative estimate of drug-likeness (QED) is 0.824. The molecule has 6 nitrogen and oxygen atoms in total. The maximum absolute atomic E-state index is 12.1. The molecule has 0 radical (unpaired) electrons. The fourth-order valence-electron chi connectivity index (χ4n) is 2.74. The lowest BCUT2D eigenvalue weighted by atomic mass is 10.0. The largest absolute Gasteiger partial charge is 0.428 e. The number of carbonyl (C=O) groups excluding carboxylic acids is 1. The van der Waals surface area contributed by atoms with Gasteiger partial charge in [0.25, 0.3) is 5.56 Å². The predicted octanol–water partition coefficient (Wildman–Crippen LogP) is 3.27. The van der Waals surface area contributed by atoms with Crippen molar-refractivity contribution in [2.45, 2.75) is 32.4 Å². The van der Waals surface area contributed by atoms with Gasteiger partial charge >= 0.3 is 6.09 Å². The molecule has 1 aromatic heterocycles. The number of aromatic nitrogens is 2. The van der Waals surface area contributed by atoms with Gasteiger partial charge in [0, 0.05) is 28.3 Å². The third-order valence-corrected chi connectivity index (χ3v) is 4.67. The Morgan fingerprint density at radius 3 is 2.85 bits per heavy atom. The SMILES string of the molecule is Cc1cc(=O)n(Cc2cc3c(cc2Cl)[C@H](C#CC2CC2)OC(=O)N3)cn1. The molecule has 26 heavy (non-hydrogen) atoms. The summed E-state index contributed by atoms with van der Waals surface area (Å²) in [6, 6.07) is 4.96. The average molecular weight is 370 g/mol. The van der Waals surface area contributed by atoms with Crippen LogP contribution >= 0.6 is 11.6 Å². The summed E-state index contributed by atoms with van der Waals surface area (Å²) in [6.45, 7) is 2.02. The second-order valence-electron chi connectivity index (χ2n) is 6.50. The molecule has 2 aromatic rings.